The lowest BCUT2D eigenvalue weighted by Crippen LogP contribution is -2.39. The van der Waals surface area contributed by atoms with Crippen molar-refractivity contribution in [1.82, 2.24) is 10.2 Å². The zero-order chi connectivity index (χ0) is 17.6. The molecule has 2 atom stereocenters. The average Bonchev–Trinajstić information content (AvgIpc) is 3.18. The predicted molar refractivity (Wildman–Crippen MR) is 98.0 cm³/mol. The third kappa shape index (κ3) is 3.98. The molecule has 3 aromatic rings. The molecule has 0 aliphatic rings. The Labute approximate surface area is 148 Å². The summed E-state index contributed by atoms with van der Waals surface area (Å²) in [6, 6.07) is 22.9. The highest BCUT2D eigenvalue weighted by Crippen LogP contribution is 2.27. The fourth-order valence-electron chi connectivity index (χ4n) is 2.82. The van der Waals surface area contributed by atoms with Gasteiger partial charge in [-0.25, -0.2) is 0 Å². The number of nitrogens with one attached hydrogen (secondary N) is 1. The summed E-state index contributed by atoms with van der Waals surface area (Å²) in [4.78, 5) is 14.4. The molecule has 0 spiro atoms. The third-order valence-corrected chi connectivity index (χ3v) is 4.11. The molecular weight excluding hydrogens is 312 g/mol. The Kier molecular flexibility index (Phi) is 5.31. The Morgan fingerprint density at radius 2 is 1.48 bits per heavy atom. The Hall–Kier alpha value is -2.85. The number of carbonyl (C=O) groups is 1. The fourth-order valence-corrected chi connectivity index (χ4v) is 2.82. The lowest BCUT2D eigenvalue weighted by Gasteiger charge is -2.27. The van der Waals surface area contributed by atoms with E-state index in [2.05, 4.69) is 5.32 Å². The highest BCUT2D eigenvalue weighted by Gasteiger charge is 2.27. The van der Waals surface area contributed by atoms with Crippen LogP contribution in [0, 0.1) is 0 Å². The van der Waals surface area contributed by atoms with Crippen LogP contribution in [0.1, 0.15) is 29.0 Å². The van der Waals surface area contributed by atoms with Gasteiger partial charge in [0.05, 0.1) is 12.3 Å². The van der Waals surface area contributed by atoms with Gasteiger partial charge in [0.1, 0.15) is 11.8 Å². The highest BCUT2D eigenvalue weighted by atomic mass is 16.3. The average molecular weight is 334 g/mol. The molecule has 4 heteroatoms. The van der Waals surface area contributed by atoms with Gasteiger partial charge in [-0.2, -0.15) is 0 Å². The predicted octanol–water partition coefficient (Wildman–Crippen LogP) is 3.79. The molecule has 2 aromatic carbocycles. The molecule has 0 bridgehead atoms. The lowest BCUT2D eigenvalue weighted by molar-refractivity contribution is -0.131. The molecule has 1 N–H and O–H groups in total. The van der Waals surface area contributed by atoms with Crippen molar-refractivity contribution in [2.45, 2.75) is 12.1 Å². The maximum absolute atomic E-state index is 12.8. The van der Waals surface area contributed by atoms with Crippen LogP contribution >= 0.6 is 0 Å². The summed E-state index contributed by atoms with van der Waals surface area (Å²) in [6.45, 7) is 0. The van der Waals surface area contributed by atoms with Crippen molar-refractivity contribution in [2.24, 2.45) is 0 Å². The van der Waals surface area contributed by atoms with Crippen LogP contribution in [0.4, 0.5) is 0 Å². The summed E-state index contributed by atoms with van der Waals surface area (Å²) in [7, 11) is 3.54. The quantitative estimate of drug-likeness (QED) is 0.746. The lowest BCUT2D eigenvalue weighted by atomic mass is 10.00. The summed E-state index contributed by atoms with van der Waals surface area (Å²) in [6.07, 6.45) is 1.65. The number of hydrogen-bond donors (Lipinski definition) is 1. The number of hydrogen-bond acceptors (Lipinski definition) is 3. The first kappa shape index (κ1) is 17.0. The number of nitrogens with zero attached hydrogens (tertiary/aromatic N) is 1. The van der Waals surface area contributed by atoms with E-state index in [1.54, 1.807) is 25.3 Å². The van der Waals surface area contributed by atoms with Gasteiger partial charge in [0, 0.05) is 14.1 Å². The van der Waals surface area contributed by atoms with Gasteiger partial charge >= 0.3 is 0 Å². The summed E-state index contributed by atoms with van der Waals surface area (Å²) in [5, 5.41) is 3.49. The normalized spacial score (nSPS) is 13.2. The monoisotopic (exact) mass is 334 g/mol. The minimum atomic E-state index is -0.466. The Bertz CT molecular complexity index is 783. The topological polar surface area (TPSA) is 45.5 Å². The molecule has 0 saturated carbocycles. The third-order valence-electron chi connectivity index (χ3n) is 4.11. The second-order valence-electron chi connectivity index (χ2n) is 6.10. The minimum absolute atomic E-state index is 0.00122. The molecule has 128 valence electrons. The molecule has 25 heavy (non-hydrogen) atoms. The first-order valence-corrected chi connectivity index (χ1v) is 8.27. The van der Waals surface area contributed by atoms with Gasteiger partial charge in [0.2, 0.25) is 5.91 Å². The molecule has 0 unspecified atom stereocenters. The molecule has 0 aliphatic heterocycles. The van der Waals surface area contributed by atoms with Crippen molar-refractivity contribution < 1.29 is 9.21 Å². The van der Waals surface area contributed by atoms with Gasteiger partial charge < -0.3 is 9.32 Å². The maximum atomic E-state index is 12.8. The van der Waals surface area contributed by atoms with Crippen molar-refractivity contribution >= 4 is 5.91 Å². The first-order chi connectivity index (χ1) is 12.2. The van der Waals surface area contributed by atoms with Crippen LogP contribution in [0.15, 0.2) is 83.5 Å². The molecule has 4 nitrogen and oxygen atoms in total. The van der Waals surface area contributed by atoms with E-state index >= 15 is 0 Å². The van der Waals surface area contributed by atoms with Crippen LogP contribution < -0.4 is 5.32 Å². The minimum Gasteiger partial charge on any atom is -0.467 e. The van der Waals surface area contributed by atoms with Gasteiger partial charge in [0.15, 0.2) is 0 Å². The zero-order valence-corrected chi connectivity index (χ0v) is 14.4. The number of amides is 1. The molecule has 1 heterocycles. The van der Waals surface area contributed by atoms with Gasteiger partial charge in [-0.15, -0.1) is 0 Å². The number of likely N-dealkylation sites (N-methyl/N-ethyl adjacent to an activating group) is 1. The molecule has 3 rings (SSSR count). The van der Waals surface area contributed by atoms with Crippen molar-refractivity contribution in [3.63, 3.8) is 0 Å². The number of benzene rings is 2. The van der Waals surface area contributed by atoms with Gasteiger partial charge in [0.25, 0.3) is 0 Å². The summed E-state index contributed by atoms with van der Waals surface area (Å²) in [5.74, 6) is 0.775. The van der Waals surface area contributed by atoms with Gasteiger partial charge in [-0.05, 0) is 23.3 Å². The van der Waals surface area contributed by atoms with E-state index in [4.69, 9.17) is 4.42 Å². The van der Waals surface area contributed by atoms with E-state index in [1.165, 1.54) is 0 Å². The van der Waals surface area contributed by atoms with Crippen molar-refractivity contribution in [2.75, 3.05) is 14.1 Å². The number of carbonyl (C=O) groups excluding carboxylic acids is 1. The zero-order valence-electron chi connectivity index (χ0n) is 14.4. The van der Waals surface area contributed by atoms with Crippen molar-refractivity contribution in [3.05, 3.63) is 95.9 Å². The molecule has 1 amide bonds. The van der Waals surface area contributed by atoms with Crippen molar-refractivity contribution in [3.8, 4) is 0 Å². The summed E-state index contributed by atoms with van der Waals surface area (Å²) in [5.41, 5.74) is 1.97. The van der Waals surface area contributed by atoms with E-state index in [-0.39, 0.29) is 11.9 Å². The molecular formula is C21H22N2O2. The molecule has 1 aromatic heterocycles. The SMILES string of the molecule is CN(C)C(=O)[C@@H](N[C@H](c1ccccc1)c1ccco1)c1ccccc1. The largest absolute Gasteiger partial charge is 0.467 e. The van der Waals surface area contributed by atoms with E-state index in [1.807, 2.05) is 72.8 Å². The van der Waals surface area contributed by atoms with E-state index in [0.29, 0.717) is 0 Å². The van der Waals surface area contributed by atoms with Crippen molar-refractivity contribution in [1.29, 1.82) is 0 Å². The van der Waals surface area contributed by atoms with Gasteiger partial charge in [-0.1, -0.05) is 60.7 Å². The van der Waals surface area contributed by atoms with Crippen LogP contribution in [-0.4, -0.2) is 24.9 Å². The number of rotatable bonds is 6. The van der Waals surface area contributed by atoms with Crippen LogP contribution in [-0.2, 0) is 4.79 Å². The maximum Gasteiger partial charge on any atom is 0.243 e. The molecule has 0 fully saturated rings. The standard InChI is InChI=1S/C21H22N2O2/c1-23(2)21(24)20(17-12-7-4-8-13-17)22-19(18-14-9-15-25-18)16-10-5-3-6-11-16/h3-15,19-20,22H,1-2H3/t19-,20+/m1/s1. The molecule has 0 radical (unpaired) electrons. The van der Waals surface area contributed by atoms with Crippen LogP contribution in [0.2, 0.25) is 0 Å². The Balaban J connectivity index is 1.98. The van der Waals surface area contributed by atoms with Crippen LogP contribution in [0.25, 0.3) is 0 Å². The Morgan fingerprint density at radius 3 is 2.00 bits per heavy atom. The second-order valence-corrected chi connectivity index (χ2v) is 6.10. The van der Waals surface area contributed by atoms with Gasteiger partial charge in [-0.3, -0.25) is 10.1 Å². The highest BCUT2D eigenvalue weighted by molar-refractivity contribution is 5.83. The Morgan fingerprint density at radius 1 is 0.880 bits per heavy atom. The van der Waals surface area contributed by atoms with Crippen LogP contribution in [0.3, 0.4) is 0 Å². The van der Waals surface area contributed by atoms with E-state index in [9.17, 15) is 4.79 Å². The fraction of sp³-hybridized carbons (Fsp3) is 0.190. The summed E-state index contributed by atoms with van der Waals surface area (Å²) >= 11 is 0. The van der Waals surface area contributed by atoms with Crippen LogP contribution in [0.5, 0.6) is 0 Å². The van der Waals surface area contributed by atoms with E-state index < -0.39 is 6.04 Å². The smallest absolute Gasteiger partial charge is 0.243 e. The first-order valence-electron chi connectivity index (χ1n) is 8.27. The second kappa shape index (κ2) is 7.81. The number of furan rings is 1. The van der Waals surface area contributed by atoms with E-state index in [0.717, 1.165) is 16.9 Å². The molecule has 0 saturated heterocycles. The summed E-state index contributed by atoms with van der Waals surface area (Å²) < 4.78 is 5.64. The molecule has 0 aliphatic carbocycles.